The van der Waals surface area contributed by atoms with Crippen molar-refractivity contribution in [3.8, 4) is 5.75 Å². The fourth-order valence-electron chi connectivity index (χ4n) is 3.46. The molecular weight excluding hydrogens is 466 g/mol. The van der Waals surface area contributed by atoms with E-state index in [0.717, 1.165) is 0 Å². The molecule has 10 nitrogen and oxygen atoms in total. The number of carbonyl (C=O) groups excluding carboxylic acids is 3. The molecule has 0 saturated heterocycles. The van der Waals surface area contributed by atoms with Gasteiger partial charge in [-0.25, -0.2) is 0 Å². The van der Waals surface area contributed by atoms with Crippen molar-refractivity contribution in [2.24, 2.45) is 0 Å². The number of ether oxygens (including phenoxy) is 1. The Kier molecular flexibility index (Phi) is 8.71. The van der Waals surface area contributed by atoms with Gasteiger partial charge in [-0.1, -0.05) is 42.5 Å². The summed E-state index contributed by atoms with van der Waals surface area (Å²) in [7, 11) is 0. The van der Waals surface area contributed by atoms with Crippen molar-refractivity contribution in [1.29, 1.82) is 0 Å². The van der Waals surface area contributed by atoms with E-state index in [0.29, 0.717) is 16.7 Å². The van der Waals surface area contributed by atoms with Crippen LogP contribution in [0.15, 0.2) is 78.9 Å². The monoisotopic (exact) mass is 491 g/mol. The molecule has 0 radical (unpaired) electrons. The minimum absolute atomic E-state index is 0.0361. The Balaban J connectivity index is 1.81. The van der Waals surface area contributed by atoms with Gasteiger partial charge in [-0.3, -0.25) is 24.5 Å². The molecule has 0 unspecified atom stereocenters. The van der Waals surface area contributed by atoms with Crippen LogP contribution in [0.3, 0.4) is 0 Å². The number of nitrogens with zero attached hydrogens (tertiary/aromatic N) is 1. The predicted octanol–water partition coefficient (Wildman–Crippen LogP) is 2.89. The van der Waals surface area contributed by atoms with Crippen LogP contribution >= 0.6 is 0 Å². The van der Waals surface area contributed by atoms with Gasteiger partial charge in [0.15, 0.2) is 6.23 Å². The number of amides is 2. The van der Waals surface area contributed by atoms with E-state index in [2.05, 4.69) is 10.6 Å². The van der Waals surface area contributed by atoms with E-state index in [4.69, 9.17) is 4.74 Å². The standard InChI is InChI=1S/C26H25N3O7/c1-17(30)36-24(16-19-9-13-22(31)14-10-19)28-26(33)23(27-25(32)20-5-3-2-4-6-20)15-18-7-11-21(12-8-18)29(34)35/h2-14,23-24,31H,15-16H2,1H3,(H,27,32)(H,28,33)/t23-,24+/m0/s1. The normalized spacial score (nSPS) is 12.1. The van der Waals surface area contributed by atoms with Gasteiger partial charge in [-0.2, -0.15) is 0 Å². The summed E-state index contributed by atoms with van der Waals surface area (Å²) in [6.45, 7) is 1.21. The maximum atomic E-state index is 13.3. The predicted molar refractivity (Wildman–Crippen MR) is 130 cm³/mol. The molecule has 0 aliphatic rings. The first-order chi connectivity index (χ1) is 17.2. The quantitative estimate of drug-likeness (QED) is 0.171. The number of carbonyl (C=O) groups is 3. The van der Waals surface area contributed by atoms with Gasteiger partial charge in [0.1, 0.15) is 11.8 Å². The number of nitro groups is 1. The van der Waals surface area contributed by atoms with E-state index < -0.39 is 35.0 Å². The number of phenolic OH excluding ortho intramolecular Hbond substituents is 1. The third-order valence-electron chi connectivity index (χ3n) is 5.21. The van der Waals surface area contributed by atoms with Crippen LogP contribution in [0.2, 0.25) is 0 Å². The smallest absolute Gasteiger partial charge is 0.304 e. The molecule has 2 amide bonds. The summed E-state index contributed by atoms with van der Waals surface area (Å²) < 4.78 is 5.27. The molecule has 10 heteroatoms. The minimum Gasteiger partial charge on any atom is -0.508 e. The van der Waals surface area contributed by atoms with E-state index >= 15 is 0 Å². The Bertz CT molecular complexity index is 1210. The van der Waals surface area contributed by atoms with Crippen molar-refractivity contribution in [2.45, 2.75) is 32.0 Å². The average Bonchev–Trinajstić information content (AvgIpc) is 2.85. The molecule has 0 bridgehead atoms. The number of non-ortho nitro benzene ring substituents is 1. The highest BCUT2D eigenvalue weighted by Gasteiger charge is 2.26. The Morgan fingerprint density at radius 1 is 0.889 bits per heavy atom. The summed E-state index contributed by atoms with van der Waals surface area (Å²) in [5.74, 6) is -1.64. The third kappa shape index (κ3) is 7.66. The van der Waals surface area contributed by atoms with Crippen LogP contribution in [-0.2, 0) is 27.2 Å². The number of rotatable bonds is 10. The third-order valence-corrected chi connectivity index (χ3v) is 5.21. The van der Waals surface area contributed by atoms with E-state index in [1.54, 1.807) is 42.5 Å². The summed E-state index contributed by atoms with van der Waals surface area (Å²) in [6, 6.07) is 19.1. The Hall–Kier alpha value is -4.73. The fourth-order valence-corrected chi connectivity index (χ4v) is 3.46. The Morgan fingerprint density at radius 2 is 1.47 bits per heavy atom. The number of nitro benzene ring substituents is 1. The van der Waals surface area contributed by atoms with Crippen molar-refractivity contribution in [1.82, 2.24) is 10.6 Å². The maximum absolute atomic E-state index is 13.3. The van der Waals surface area contributed by atoms with Crippen molar-refractivity contribution >= 4 is 23.5 Å². The van der Waals surface area contributed by atoms with E-state index in [-0.39, 0.29) is 24.3 Å². The van der Waals surface area contributed by atoms with Crippen molar-refractivity contribution in [3.63, 3.8) is 0 Å². The van der Waals surface area contributed by atoms with Crippen LogP contribution in [0.25, 0.3) is 0 Å². The van der Waals surface area contributed by atoms with Gasteiger partial charge in [-0.15, -0.1) is 0 Å². The molecule has 2 atom stereocenters. The topological polar surface area (TPSA) is 148 Å². The second-order valence-corrected chi connectivity index (χ2v) is 8.00. The molecule has 3 rings (SSSR count). The van der Waals surface area contributed by atoms with Crippen LogP contribution in [0, 0.1) is 10.1 Å². The molecule has 0 heterocycles. The molecule has 0 fully saturated rings. The van der Waals surface area contributed by atoms with Gasteiger partial charge in [-0.05, 0) is 35.4 Å². The first-order valence-corrected chi connectivity index (χ1v) is 11.1. The first kappa shape index (κ1) is 25.9. The summed E-state index contributed by atoms with van der Waals surface area (Å²) in [5.41, 5.74) is 1.52. The lowest BCUT2D eigenvalue weighted by Gasteiger charge is -2.23. The summed E-state index contributed by atoms with van der Waals surface area (Å²) in [5, 5.41) is 25.8. The molecular formula is C26H25N3O7. The number of esters is 1. The van der Waals surface area contributed by atoms with Crippen LogP contribution in [0.1, 0.15) is 28.4 Å². The van der Waals surface area contributed by atoms with E-state index in [9.17, 15) is 29.6 Å². The average molecular weight is 492 g/mol. The lowest BCUT2D eigenvalue weighted by molar-refractivity contribution is -0.384. The Labute approximate surface area is 207 Å². The van der Waals surface area contributed by atoms with Crippen LogP contribution < -0.4 is 10.6 Å². The molecule has 0 saturated carbocycles. The van der Waals surface area contributed by atoms with Gasteiger partial charge in [0, 0.05) is 37.5 Å². The fraction of sp³-hybridized carbons (Fsp3) is 0.192. The van der Waals surface area contributed by atoms with E-state index in [1.165, 1.54) is 43.3 Å². The maximum Gasteiger partial charge on any atom is 0.304 e. The number of hydrogen-bond acceptors (Lipinski definition) is 7. The lowest BCUT2D eigenvalue weighted by Crippen LogP contribution is -2.52. The highest BCUT2D eigenvalue weighted by Crippen LogP contribution is 2.15. The van der Waals surface area contributed by atoms with Gasteiger partial charge < -0.3 is 20.5 Å². The highest BCUT2D eigenvalue weighted by molar-refractivity contribution is 5.97. The highest BCUT2D eigenvalue weighted by atomic mass is 16.6. The SMILES string of the molecule is CC(=O)O[C@H](Cc1ccc(O)cc1)NC(=O)[C@H](Cc1ccc([N+](=O)[O-])cc1)NC(=O)c1ccccc1. The van der Waals surface area contributed by atoms with Crippen molar-refractivity contribution in [2.75, 3.05) is 0 Å². The second kappa shape index (κ2) is 12.1. The van der Waals surface area contributed by atoms with Crippen molar-refractivity contribution < 1.29 is 29.2 Å². The molecule has 36 heavy (non-hydrogen) atoms. The largest absolute Gasteiger partial charge is 0.508 e. The summed E-state index contributed by atoms with van der Waals surface area (Å²) in [4.78, 5) is 48.1. The molecule has 0 aliphatic heterocycles. The molecule has 3 aromatic rings. The molecule has 186 valence electrons. The van der Waals surface area contributed by atoms with Crippen molar-refractivity contribution in [3.05, 3.63) is 106 Å². The lowest BCUT2D eigenvalue weighted by atomic mass is 10.0. The van der Waals surface area contributed by atoms with Crippen LogP contribution in [0.5, 0.6) is 5.75 Å². The zero-order valence-electron chi connectivity index (χ0n) is 19.4. The van der Waals surface area contributed by atoms with Crippen LogP contribution in [-0.4, -0.2) is 40.1 Å². The first-order valence-electron chi connectivity index (χ1n) is 11.1. The second-order valence-electron chi connectivity index (χ2n) is 8.00. The zero-order valence-corrected chi connectivity index (χ0v) is 19.4. The van der Waals surface area contributed by atoms with Gasteiger partial charge in [0.2, 0.25) is 5.91 Å². The number of nitrogens with one attached hydrogen (secondary N) is 2. The van der Waals surface area contributed by atoms with Gasteiger partial charge in [0.05, 0.1) is 4.92 Å². The molecule has 0 spiro atoms. The van der Waals surface area contributed by atoms with Crippen LogP contribution in [0.4, 0.5) is 5.69 Å². The molecule has 3 N–H and O–H groups in total. The molecule has 0 aromatic heterocycles. The number of benzene rings is 3. The molecule has 3 aromatic carbocycles. The van der Waals surface area contributed by atoms with E-state index in [1.807, 2.05) is 0 Å². The summed E-state index contributed by atoms with van der Waals surface area (Å²) >= 11 is 0. The number of aromatic hydroxyl groups is 1. The number of hydrogen-bond donors (Lipinski definition) is 3. The molecule has 0 aliphatic carbocycles. The minimum atomic E-state index is -1.07. The van der Waals surface area contributed by atoms with Gasteiger partial charge >= 0.3 is 5.97 Å². The summed E-state index contributed by atoms with van der Waals surface area (Å²) in [6.07, 6.45) is -0.871. The zero-order chi connectivity index (χ0) is 26.1. The Morgan fingerprint density at radius 3 is 2.06 bits per heavy atom. The number of phenols is 1. The van der Waals surface area contributed by atoms with Gasteiger partial charge in [0.25, 0.3) is 11.6 Å².